The van der Waals surface area contributed by atoms with Crippen molar-refractivity contribution >= 4 is 76.4 Å². The van der Waals surface area contributed by atoms with Crippen LogP contribution in [0, 0.1) is 0 Å². The molecule has 0 aliphatic carbocycles. The third-order valence-electron chi connectivity index (χ3n) is 9.52. The summed E-state index contributed by atoms with van der Waals surface area (Å²) in [4.78, 5) is 0. The maximum atomic E-state index is 6.32. The summed E-state index contributed by atoms with van der Waals surface area (Å²) < 4.78 is 11.4. The molecule has 0 N–H and O–H groups in total. The van der Waals surface area contributed by atoms with Gasteiger partial charge in [0, 0.05) is 36.6 Å². The average molecular weight is 604 g/mol. The van der Waals surface area contributed by atoms with Gasteiger partial charge >= 0.3 is 0 Å². The van der Waals surface area contributed by atoms with E-state index >= 15 is 0 Å². The number of hydrogen-bond acceptors (Lipinski definition) is 2. The summed E-state index contributed by atoms with van der Waals surface area (Å²) in [6.07, 6.45) is 0. The van der Waals surface area contributed by atoms with Crippen LogP contribution < -0.4 is 21.1 Å². The van der Waals surface area contributed by atoms with Crippen molar-refractivity contribution in [2.75, 3.05) is 0 Å². The molecule has 0 spiro atoms. The number of nitrogens with zero attached hydrogens (tertiary/aromatic N) is 1. The van der Waals surface area contributed by atoms with Gasteiger partial charge in [-0.3, -0.25) is 0 Å². The Hall–Kier alpha value is -5.58. The SMILES string of the molecule is c1ccc(-n2c3ccccc3c3cc4c(cc32)sc2c(-c3cccc(B5c6ccccc6Oc6ccccc65)c3)cccc24)cc1. The second-order valence-electron chi connectivity index (χ2n) is 12.1. The largest absolute Gasteiger partial charge is 0.458 e. The number of rotatable bonds is 3. The highest BCUT2D eigenvalue weighted by molar-refractivity contribution is 7.26. The molecule has 0 bridgehead atoms. The molecule has 0 saturated carbocycles. The smallest absolute Gasteiger partial charge is 0.250 e. The fourth-order valence-electron chi connectivity index (χ4n) is 7.50. The van der Waals surface area contributed by atoms with E-state index in [1.165, 1.54) is 75.2 Å². The lowest BCUT2D eigenvalue weighted by Gasteiger charge is -2.26. The summed E-state index contributed by atoms with van der Waals surface area (Å²) in [5, 5.41) is 5.19. The highest BCUT2D eigenvalue weighted by atomic mass is 32.1. The summed E-state index contributed by atoms with van der Waals surface area (Å²) >= 11 is 1.90. The molecule has 214 valence electrons. The van der Waals surface area contributed by atoms with Gasteiger partial charge in [0.2, 0.25) is 0 Å². The Bertz CT molecular complexity index is 2590. The van der Waals surface area contributed by atoms with Crippen LogP contribution in [0.15, 0.2) is 158 Å². The van der Waals surface area contributed by atoms with Gasteiger partial charge in [-0.25, -0.2) is 0 Å². The first-order valence-electron chi connectivity index (χ1n) is 15.7. The molecule has 9 aromatic rings. The van der Waals surface area contributed by atoms with E-state index in [4.69, 9.17) is 4.74 Å². The van der Waals surface area contributed by atoms with Crippen LogP contribution in [-0.4, -0.2) is 11.3 Å². The molecule has 3 heterocycles. The Kier molecular flexibility index (Phi) is 5.57. The second kappa shape index (κ2) is 9.97. The molecular weight excluding hydrogens is 577 g/mol. The summed E-state index contributed by atoms with van der Waals surface area (Å²) in [6, 6.07) is 57.1. The third-order valence-corrected chi connectivity index (χ3v) is 10.7. The summed E-state index contributed by atoms with van der Waals surface area (Å²) in [5.74, 6) is 1.87. The summed E-state index contributed by atoms with van der Waals surface area (Å²) in [5.41, 5.74) is 9.85. The molecule has 1 aliphatic heterocycles. The van der Waals surface area contributed by atoms with E-state index in [9.17, 15) is 0 Å². The fraction of sp³-hybridized carbons (Fsp3) is 0. The quantitative estimate of drug-likeness (QED) is 0.184. The molecule has 10 rings (SSSR count). The lowest BCUT2D eigenvalue weighted by molar-refractivity contribution is 0.487. The highest BCUT2D eigenvalue weighted by Gasteiger charge is 2.32. The van der Waals surface area contributed by atoms with E-state index in [1.54, 1.807) is 0 Å². The van der Waals surface area contributed by atoms with Crippen LogP contribution in [0.2, 0.25) is 0 Å². The zero-order valence-electron chi connectivity index (χ0n) is 24.9. The van der Waals surface area contributed by atoms with Gasteiger partial charge < -0.3 is 9.30 Å². The first kappa shape index (κ1) is 25.7. The van der Waals surface area contributed by atoms with Crippen molar-refractivity contribution in [2.24, 2.45) is 0 Å². The van der Waals surface area contributed by atoms with Crippen molar-refractivity contribution in [3.05, 3.63) is 158 Å². The Morgan fingerprint density at radius 1 is 0.500 bits per heavy atom. The lowest BCUT2D eigenvalue weighted by atomic mass is 9.36. The Balaban J connectivity index is 1.17. The van der Waals surface area contributed by atoms with Crippen molar-refractivity contribution < 1.29 is 4.74 Å². The molecule has 0 radical (unpaired) electrons. The number of benzene rings is 7. The van der Waals surface area contributed by atoms with Crippen molar-refractivity contribution in [3.63, 3.8) is 0 Å². The number of ether oxygens (including phenoxy) is 1. The monoisotopic (exact) mass is 603 g/mol. The van der Waals surface area contributed by atoms with E-state index in [0.717, 1.165) is 11.5 Å². The van der Waals surface area contributed by atoms with Crippen LogP contribution in [0.4, 0.5) is 0 Å². The van der Waals surface area contributed by atoms with Gasteiger partial charge in [-0.05, 0) is 64.5 Å². The molecule has 2 nitrogen and oxygen atoms in total. The van der Waals surface area contributed by atoms with Gasteiger partial charge in [-0.2, -0.15) is 0 Å². The minimum atomic E-state index is 0.106. The van der Waals surface area contributed by atoms with Gasteiger partial charge in [-0.1, -0.05) is 121 Å². The normalized spacial score (nSPS) is 12.5. The van der Waals surface area contributed by atoms with Gasteiger partial charge in [0.05, 0.1) is 11.0 Å². The molecule has 2 aromatic heterocycles. The van der Waals surface area contributed by atoms with Crippen molar-refractivity contribution in [1.29, 1.82) is 0 Å². The van der Waals surface area contributed by atoms with Crippen LogP contribution in [0.5, 0.6) is 11.5 Å². The first-order chi connectivity index (χ1) is 22.8. The zero-order chi connectivity index (χ0) is 30.2. The molecule has 0 saturated heterocycles. The van der Waals surface area contributed by atoms with Crippen molar-refractivity contribution in [2.45, 2.75) is 0 Å². The van der Waals surface area contributed by atoms with Gasteiger partial charge in [0.25, 0.3) is 6.71 Å². The number of hydrogen-bond donors (Lipinski definition) is 0. The van der Waals surface area contributed by atoms with E-state index in [2.05, 4.69) is 162 Å². The summed E-state index contributed by atoms with van der Waals surface area (Å²) in [7, 11) is 0. The van der Waals surface area contributed by atoms with Crippen LogP contribution in [-0.2, 0) is 0 Å². The highest BCUT2D eigenvalue weighted by Crippen LogP contribution is 2.43. The molecule has 0 amide bonds. The number of para-hydroxylation sites is 4. The van der Waals surface area contributed by atoms with Gasteiger partial charge in [0.15, 0.2) is 0 Å². The number of fused-ring (bicyclic) bond motifs is 8. The second-order valence-corrected chi connectivity index (χ2v) is 13.1. The topological polar surface area (TPSA) is 14.2 Å². The minimum absolute atomic E-state index is 0.106. The predicted molar refractivity (Wildman–Crippen MR) is 197 cm³/mol. The minimum Gasteiger partial charge on any atom is -0.458 e. The average Bonchev–Trinajstić information content (AvgIpc) is 3.65. The molecule has 0 unspecified atom stereocenters. The number of aromatic nitrogens is 1. The Morgan fingerprint density at radius 3 is 2.02 bits per heavy atom. The van der Waals surface area contributed by atoms with Crippen molar-refractivity contribution in [1.82, 2.24) is 4.57 Å². The molecule has 1 aliphatic rings. The van der Waals surface area contributed by atoms with E-state index in [0.29, 0.717) is 0 Å². The van der Waals surface area contributed by atoms with Crippen LogP contribution in [0.1, 0.15) is 0 Å². The van der Waals surface area contributed by atoms with E-state index < -0.39 is 0 Å². The maximum Gasteiger partial charge on any atom is 0.250 e. The lowest BCUT2D eigenvalue weighted by Crippen LogP contribution is -2.54. The van der Waals surface area contributed by atoms with Crippen molar-refractivity contribution in [3.8, 4) is 28.3 Å². The molecule has 4 heteroatoms. The third kappa shape index (κ3) is 3.77. The van der Waals surface area contributed by atoms with Gasteiger partial charge in [-0.15, -0.1) is 11.3 Å². The van der Waals surface area contributed by atoms with E-state index in [-0.39, 0.29) is 6.71 Å². The molecule has 46 heavy (non-hydrogen) atoms. The van der Waals surface area contributed by atoms with Crippen LogP contribution in [0.25, 0.3) is 58.8 Å². The van der Waals surface area contributed by atoms with Crippen LogP contribution in [0.3, 0.4) is 0 Å². The van der Waals surface area contributed by atoms with Crippen LogP contribution >= 0.6 is 11.3 Å². The Labute approximate surface area is 270 Å². The molecular formula is C42H26BNOS. The zero-order valence-corrected chi connectivity index (χ0v) is 25.7. The summed E-state index contributed by atoms with van der Waals surface area (Å²) in [6.45, 7) is 0.106. The Morgan fingerprint density at radius 2 is 1.20 bits per heavy atom. The first-order valence-corrected chi connectivity index (χ1v) is 16.5. The molecule has 7 aromatic carbocycles. The standard InChI is InChI=1S/C42H26BNOS/c1-2-14-29(15-3-1)44-37-21-7-4-16-31(37)33-25-34-32-18-11-17-30(42(32)46-41(34)26-38(33)44)27-12-10-13-28(24-27)43-35-19-5-8-22-39(35)45-40-23-9-6-20-36(40)43/h1-26H. The predicted octanol–water partition coefficient (Wildman–Crippen LogP) is 9.44. The molecule has 0 atom stereocenters. The maximum absolute atomic E-state index is 6.32. The van der Waals surface area contributed by atoms with E-state index in [1.807, 2.05) is 11.3 Å². The fourth-order valence-corrected chi connectivity index (χ4v) is 8.75. The number of thiophene rings is 1. The van der Waals surface area contributed by atoms with Gasteiger partial charge in [0.1, 0.15) is 11.5 Å². The molecule has 0 fully saturated rings.